The molecule has 8 nitrogen and oxygen atoms in total. The number of benzene rings is 2. The fourth-order valence-electron chi connectivity index (χ4n) is 4.50. The molecule has 0 unspecified atom stereocenters. The SMILES string of the molecule is CCOC(=O)/C=C\[C@H](O)[C@H](NCc1ccccc1)[C@H]1O[C@@H]2OC(C)(C)O[C@@H]2[C@H]1OCc1ccccc1. The Morgan fingerprint density at radius 1 is 1.08 bits per heavy atom. The Kier molecular flexibility index (Phi) is 8.90. The van der Waals surface area contributed by atoms with E-state index in [-0.39, 0.29) is 6.61 Å². The highest BCUT2D eigenvalue weighted by Gasteiger charge is 2.57. The van der Waals surface area contributed by atoms with Crippen LogP contribution in [0.5, 0.6) is 0 Å². The smallest absolute Gasteiger partial charge is 0.330 e. The zero-order chi connectivity index (χ0) is 25.5. The maximum atomic E-state index is 11.9. The Labute approximate surface area is 212 Å². The monoisotopic (exact) mass is 497 g/mol. The lowest BCUT2D eigenvalue weighted by molar-refractivity contribution is -0.224. The Morgan fingerprint density at radius 3 is 2.42 bits per heavy atom. The third kappa shape index (κ3) is 6.79. The van der Waals surface area contributed by atoms with Crippen molar-refractivity contribution < 1.29 is 33.6 Å². The van der Waals surface area contributed by atoms with Crippen LogP contribution in [0.1, 0.15) is 31.9 Å². The molecule has 2 aliphatic heterocycles. The molecule has 0 amide bonds. The Bertz CT molecular complexity index is 997. The molecule has 8 heteroatoms. The highest BCUT2D eigenvalue weighted by atomic mass is 16.8. The van der Waals surface area contributed by atoms with Crippen LogP contribution in [0.25, 0.3) is 0 Å². The number of ether oxygens (including phenoxy) is 5. The summed E-state index contributed by atoms with van der Waals surface area (Å²) in [5.74, 6) is -1.34. The van der Waals surface area contributed by atoms with Gasteiger partial charge >= 0.3 is 5.97 Å². The molecule has 194 valence electrons. The maximum Gasteiger partial charge on any atom is 0.330 e. The van der Waals surface area contributed by atoms with Crippen molar-refractivity contribution in [2.75, 3.05) is 6.61 Å². The third-order valence-corrected chi connectivity index (χ3v) is 6.13. The quantitative estimate of drug-likeness (QED) is 0.361. The summed E-state index contributed by atoms with van der Waals surface area (Å²) in [5, 5.41) is 14.6. The molecule has 0 saturated carbocycles. The summed E-state index contributed by atoms with van der Waals surface area (Å²) in [6, 6.07) is 19.0. The molecule has 2 N–H and O–H groups in total. The van der Waals surface area contributed by atoms with Crippen molar-refractivity contribution >= 4 is 5.97 Å². The van der Waals surface area contributed by atoms with E-state index in [1.165, 1.54) is 12.2 Å². The standard InChI is InChI=1S/C28H35NO7/c1-4-32-22(31)16-15-21(30)23(29-17-19-11-7-5-8-12-19)24-25(33-18-20-13-9-6-10-14-20)26-27(34-24)36-28(2,3)35-26/h5-16,21,23-27,29-30H,4,17-18H2,1-3H3/b16-15-/t21-,23-,24+,25-,26+,27+/m0/s1. The first-order valence-electron chi connectivity index (χ1n) is 12.3. The summed E-state index contributed by atoms with van der Waals surface area (Å²) in [5.41, 5.74) is 2.05. The largest absolute Gasteiger partial charge is 0.463 e. The van der Waals surface area contributed by atoms with Crippen LogP contribution < -0.4 is 5.32 Å². The van der Waals surface area contributed by atoms with E-state index < -0.39 is 48.5 Å². The van der Waals surface area contributed by atoms with Crippen LogP contribution in [0.4, 0.5) is 0 Å². The molecule has 2 heterocycles. The van der Waals surface area contributed by atoms with E-state index in [9.17, 15) is 9.90 Å². The molecule has 4 rings (SSSR count). The number of carbonyl (C=O) groups excluding carboxylic acids is 1. The first-order valence-corrected chi connectivity index (χ1v) is 12.3. The van der Waals surface area contributed by atoms with Gasteiger partial charge in [0.15, 0.2) is 12.1 Å². The molecular formula is C28H35NO7. The molecule has 2 aromatic carbocycles. The van der Waals surface area contributed by atoms with Gasteiger partial charge in [-0.05, 0) is 38.0 Å². The fourth-order valence-corrected chi connectivity index (χ4v) is 4.50. The second kappa shape index (κ2) is 12.1. The van der Waals surface area contributed by atoms with Gasteiger partial charge in [0.1, 0.15) is 18.3 Å². The second-order valence-corrected chi connectivity index (χ2v) is 9.32. The van der Waals surface area contributed by atoms with Crippen LogP contribution in [-0.2, 0) is 41.6 Å². The van der Waals surface area contributed by atoms with E-state index in [4.69, 9.17) is 23.7 Å². The van der Waals surface area contributed by atoms with Gasteiger partial charge in [0.25, 0.3) is 0 Å². The number of aliphatic hydroxyl groups is 1. The summed E-state index contributed by atoms with van der Waals surface area (Å²) in [7, 11) is 0. The van der Waals surface area contributed by atoms with Crippen molar-refractivity contribution in [1.29, 1.82) is 0 Å². The molecule has 2 aliphatic rings. The number of fused-ring (bicyclic) bond motifs is 1. The number of carbonyl (C=O) groups is 1. The molecule has 0 aromatic heterocycles. The molecule has 2 fully saturated rings. The zero-order valence-corrected chi connectivity index (χ0v) is 20.9. The van der Waals surface area contributed by atoms with Crippen LogP contribution in [0, 0.1) is 0 Å². The first kappa shape index (κ1) is 26.5. The van der Waals surface area contributed by atoms with Gasteiger partial charge in [0.05, 0.1) is 25.4 Å². The molecule has 2 aromatic rings. The number of rotatable bonds is 11. The number of hydrogen-bond acceptors (Lipinski definition) is 8. The number of nitrogens with one attached hydrogen (secondary N) is 1. The Morgan fingerprint density at radius 2 is 1.75 bits per heavy atom. The molecule has 2 saturated heterocycles. The minimum Gasteiger partial charge on any atom is -0.463 e. The van der Waals surface area contributed by atoms with E-state index >= 15 is 0 Å². The highest BCUT2D eigenvalue weighted by molar-refractivity contribution is 5.81. The average molecular weight is 498 g/mol. The van der Waals surface area contributed by atoms with Gasteiger partial charge in [-0.2, -0.15) is 0 Å². The fraction of sp³-hybridized carbons (Fsp3) is 0.464. The average Bonchev–Trinajstić information content (AvgIpc) is 3.34. The normalized spacial score (nSPS) is 26.6. The number of hydrogen-bond donors (Lipinski definition) is 2. The summed E-state index contributed by atoms with van der Waals surface area (Å²) >= 11 is 0. The van der Waals surface area contributed by atoms with Gasteiger partial charge in [0, 0.05) is 12.6 Å². The van der Waals surface area contributed by atoms with E-state index in [0.717, 1.165) is 11.1 Å². The van der Waals surface area contributed by atoms with Crippen molar-refractivity contribution in [2.24, 2.45) is 0 Å². The lowest BCUT2D eigenvalue weighted by atomic mass is 9.97. The number of esters is 1. The van der Waals surface area contributed by atoms with Gasteiger partial charge in [0.2, 0.25) is 0 Å². The molecule has 0 radical (unpaired) electrons. The van der Waals surface area contributed by atoms with Gasteiger partial charge in [-0.15, -0.1) is 0 Å². The van der Waals surface area contributed by atoms with Crippen molar-refractivity contribution in [3.8, 4) is 0 Å². The van der Waals surface area contributed by atoms with Crippen LogP contribution in [0.2, 0.25) is 0 Å². The molecule has 6 atom stereocenters. The predicted molar refractivity (Wildman–Crippen MR) is 133 cm³/mol. The van der Waals surface area contributed by atoms with Crippen LogP contribution in [-0.4, -0.2) is 60.2 Å². The van der Waals surface area contributed by atoms with Crippen molar-refractivity contribution in [2.45, 2.75) is 76.5 Å². The van der Waals surface area contributed by atoms with Gasteiger partial charge in [-0.1, -0.05) is 60.7 Å². The summed E-state index contributed by atoms with van der Waals surface area (Å²) in [6.07, 6.45) is -0.696. The Hall–Kier alpha value is -2.59. The summed E-state index contributed by atoms with van der Waals surface area (Å²) in [4.78, 5) is 11.9. The number of aliphatic hydroxyl groups excluding tert-OH is 1. The highest BCUT2D eigenvalue weighted by Crippen LogP contribution is 2.40. The first-order chi connectivity index (χ1) is 17.4. The van der Waals surface area contributed by atoms with Gasteiger partial charge < -0.3 is 34.1 Å². The van der Waals surface area contributed by atoms with Crippen molar-refractivity contribution in [3.63, 3.8) is 0 Å². The Balaban J connectivity index is 1.56. The lowest BCUT2D eigenvalue weighted by Gasteiger charge is -2.33. The van der Waals surface area contributed by atoms with E-state index in [1.807, 2.05) is 74.5 Å². The van der Waals surface area contributed by atoms with Crippen molar-refractivity contribution in [1.82, 2.24) is 5.32 Å². The molecule has 0 spiro atoms. The van der Waals surface area contributed by atoms with Gasteiger partial charge in [-0.3, -0.25) is 0 Å². The van der Waals surface area contributed by atoms with Crippen molar-refractivity contribution in [3.05, 3.63) is 83.9 Å². The molecule has 0 aliphatic carbocycles. The summed E-state index contributed by atoms with van der Waals surface area (Å²) < 4.78 is 29.8. The topological polar surface area (TPSA) is 95.5 Å². The van der Waals surface area contributed by atoms with Crippen LogP contribution in [0.3, 0.4) is 0 Å². The molecular weight excluding hydrogens is 462 g/mol. The second-order valence-electron chi connectivity index (χ2n) is 9.32. The predicted octanol–water partition coefficient (Wildman–Crippen LogP) is 3.09. The molecule has 0 bridgehead atoms. The lowest BCUT2D eigenvalue weighted by Crippen LogP contribution is -2.53. The van der Waals surface area contributed by atoms with Crippen LogP contribution >= 0.6 is 0 Å². The van der Waals surface area contributed by atoms with Gasteiger partial charge in [-0.25, -0.2) is 4.79 Å². The van der Waals surface area contributed by atoms with E-state index in [0.29, 0.717) is 13.2 Å². The summed E-state index contributed by atoms with van der Waals surface area (Å²) in [6.45, 7) is 6.47. The molecule has 36 heavy (non-hydrogen) atoms. The van der Waals surface area contributed by atoms with E-state index in [2.05, 4.69) is 5.32 Å². The van der Waals surface area contributed by atoms with Crippen LogP contribution in [0.15, 0.2) is 72.8 Å². The maximum absolute atomic E-state index is 11.9. The van der Waals surface area contributed by atoms with E-state index in [1.54, 1.807) is 6.92 Å². The zero-order valence-electron chi connectivity index (χ0n) is 20.9. The third-order valence-electron chi connectivity index (χ3n) is 6.13. The minimum atomic E-state index is -1.07. The minimum absolute atomic E-state index is 0.254.